The molecule has 0 N–H and O–H groups in total. The van der Waals surface area contributed by atoms with Crippen molar-refractivity contribution in [3.8, 4) is 5.75 Å². The Hall–Kier alpha value is -1.70. The van der Waals surface area contributed by atoms with E-state index in [4.69, 9.17) is 9.47 Å². The lowest BCUT2D eigenvalue weighted by Crippen LogP contribution is -2.58. The summed E-state index contributed by atoms with van der Waals surface area (Å²) >= 11 is 0. The fourth-order valence-electron chi connectivity index (χ4n) is 5.21. The van der Waals surface area contributed by atoms with Gasteiger partial charge in [-0.25, -0.2) is 4.39 Å². The van der Waals surface area contributed by atoms with Crippen LogP contribution in [0, 0.1) is 5.82 Å². The fourth-order valence-corrected chi connectivity index (χ4v) is 5.21. The van der Waals surface area contributed by atoms with Crippen LogP contribution in [0.4, 0.5) is 4.39 Å². The zero-order chi connectivity index (χ0) is 21.8. The fraction of sp³-hybridized carbons (Fsp3) is 0.708. The molecule has 1 unspecified atom stereocenters. The minimum Gasteiger partial charge on any atom is -0.484 e. The van der Waals surface area contributed by atoms with Gasteiger partial charge in [0.25, 0.3) is 5.91 Å². The quantitative estimate of drug-likeness (QED) is 0.715. The second-order valence-corrected chi connectivity index (χ2v) is 9.47. The summed E-state index contributed by atoms with van der Waals surface area (Å²) in [7, 11) is 0. The van der Waals surface area contributed by atoms with Gasteiger partial charge >= 0.3 is 0 Å². The van der Waals surface area contributed by atoms with Gasteiger partial charge in [0.05, 0.1) is 5.60 Å². The summed E-state index contributed by atoms with van der Waals surface area (Å²) < 4.78 is 24.8. The molecule has 1 spiro atoms. The van der Waals surface area contributed by atoms with Gasteiger partial charge in [0.2, 0.25) is 0 Å². The van der Waals surface area contributed by atoms with Gasteiger partial charge in [-0.3, -0.25) is 14.6 Å². The Bertz CT molecular complexity index is 726. The van der Waals surface area contributed by atoms with E-state index >= 15 is 0 Å². The summed E-state index contributed by atoms with van der Waals surface area (Å²) in [5, 5.41) is 0. The van der Waals surface area contributed by atoms with Crippen LogP contribution >= 0.6 is 0 Å². The van der Waals surface area contributed by atoms with E-state index in [2.05, 4.69) is 23.6 Å². The molecule has 0 radical (unpaired) electrons. The minimum absolute atomic E-state index is 0.0117. The largest absolute Gasteiger partial charge is 0.484 e. The molecule has 3 aliphatic heterocycles. The first kappa shape index (κ1) is 22.5. The van der Waals surface area contributed by atoms with Crippen LogP contribution in [0.2, 0.25) is 0 Å². The van der Waals surface area contributed by atoms with Gasteiger partial charge in [-0.15, -0.1) is 0 Å². The van der Waals surface area contributed by atoms with Crippen LogP contribution < -0.4 is 4.74 Å². The average molecular weight is 434 g/mol. The van der Waals surface area contributed by atoms with Gasteiger partial charge in [-0.05, 0) is 63.8 Å². The molecular formula is C24H36FN3O3. The third-order valence-electron chi connectivity index (χ3n) is 7.27. The maximum atomic E-state index is 13.0. The molecule has 0 bridgehead atoms. The highest BCUT2D eigenvalue weighted by Gasteiger charge is 2.43. The molecule has 6 nitrogen and oxygen atoms in total. The number of piperazine rings is 1. The number of benzene rings is 1. The van der Waals surface area contributed by atoms with E-state index in [1.807, 2.05) is 4.90 Å². The number of nitrogens with zero attached hydrogens (tertiary/aromatic N) is 3. The molecule has 0 aromatic heterocycles. The molecule has 7 heteroatoms. The van der Waals surface area contributed by atoms with Gasteiger partial charge < -0.3 is 14.4 Å². The van der Waals surface area contributed by atoms with Crippen molar-refractivity contribution in [3.63, 3.8) is 0 Å². The van der Waals surface area contributed by atoms with Crippen LogP contribution in [0.1, 0.15) is 39.5 Å². The number of piperidine rings is 1. The monoisotopic (exact) mass is 433 g/mol. The van der Waals surface area contributed by atoms with E-state index in [9.17, 15) is 9.18 Å². The summed E-state index contributed by atoms with van der Waals surface area (Å²) in [6, 6.07) is 6.98. The van der Waals surface area contributed by atoms with Gasteiger partial charge in [0.1, 0.15) is 11.6 Å². The van der Waals surface area contributed by atoms with Crippen LogP contribution in [0.15, 0.2) is 24.3 Å². The van der Waals surface area contributed by atoms with E-state index in [1.165, 1.54) is 12.1 Å². The summed E-state index contributed by atoms with van der Waals surface area (Å²) in [5.74, 6) is 0.184. The Morgan fingerprint density at radius 1 is 1.13 bits per heavy atom. The number of hydrogen-bond acceptors (Lipinski definition) is 5. The van der Waals surface area contributed by atoms with Gasteiger partial charge in [0.15, 0.2) is 6.61 Å². The molecule has 1 atom stereocenters. The number of amides is 1. The molecule has 0 saturated carbocycles. The van der Waals surface area contributed by atoms with Crippen LogP contribution in [-0.4, -0.2) is 90.8 Å². The molecule has 1 aromatic rings. The summed E-state index contributed by atoms with van der Waals surface area (Å²) in [4.78, 5) is 19.7. The zero-order valence-electron chi connectivity index (χ0n) is 18.9. The Kier molecular flexibility index (Phi) is 7.14. The first-order chi connectivity index (χ1) is 14.9. The van der Waals surface area contributed by atoms with E-state index in [0.29, 0.717) is 30.9 Å². The molecule has 3 saturated heterocycles. The topological polar surface area (TPSA) is 45.2 Å². The average Bonchev–Trinajstić information content (AvgIpc) is 2.79. The van der Waals surface area contributed by atoms with Crippen LogP contribution in [0.25, 0.3) is 0 Å². The Labute approximate surface area is 185 Å². The second kappa shape index (κ2) is 9.84. The van der Waals surface area contributed by atoms with Crippen LogP contribution in [-0.2, 0) is 9.53 Å². The molecule has 1 amide bonds. The van der Waals surface area contributed by atoms with Gasteiger partial charge in [-0.2, -0.15) is 0 Å². The molecule has 1 aromatic carbocycles. The Balaban J connectivity index is 1.24. The standard InChI is InChI=1S/C24H36FN3O3/c1-19(2)26-12-14-27(15-13-26)21-7-16-31-24(17-21)8-10-28(11-9-24)23(29)18-30-22-5-3-20(25)4-6-22/h3-6,19,21H,7-18H2,1-2H3. The normalized spacial score (nSPS) is 25.2. The van der Waals surface area contributed by atoms with Gasteiger partial charge in [0, 0.05) is 58.0 Å². The number of ether oxygens (including phenoxy) is 2. The lowest BCUT2D eigenvalue weighted by atomic mass is 9.81. The minimum atomic E-state index is -0.312. The maximum Gasteiger partial charge on any atom is 0.260 e. The number of hydrogen-bond donors (Lipinski definition) is 0. The summed E-state index contributed by atoms with van der Waals surface area (Å²) in [6.45, 7) is 11.4. The summed E-state index contributed by atoms with van der Waals surface area (Å²) in [5.41, 5.74) is -0.0906. The van der Waals surface area contributed by atoms with Crippen molar-refractivity contribution in [3.05, 3.63) is 30.1 Å². The highest BCUT2D eigenvalue weighted by atomic mass is 19.1. The third-order valence-corrected chi connectivity index (χ3v) is 7.27. The third kappa shape index (κ3) is 5.57. The Morgan fingerprint density at radius 3 is 2.45 bits per heavy atom. The maximum absolute atomic E-state index is 13.0. The molecule has 3 aliphatic rings. The first-order valence-corrected chi connectivity index (χ1v) is 11.7. The van der Waals surface area contributed by atoms with Crippen molar-refractivity contribution in [1.29, 1.82) is 0 Å². The SMILES string of the molecule is CC(C)N1CCN(C2CCOC3(CCN(C(=O)COc4ccc(F)cc4)CC3)C2)CC1. The summed E-state index contributed by atoms with van der Waals surface area (Å²) in [6.07, 6.45) is 3.95. The molecule has 31 heavy (non-hydrogen) atoms. The lowest BCUT2D eigenvalue weighted by Gasteiger charge is -2.50. The van der Waals surface area contributed by atoms with E-state index in [-0.39, 0.29) is 23.9 Å². The van der Waals surface area contributed by atoms with Crippen molar-refractivity contribution in [2.24, 2.45) is 0 Å². The number of halogens is 1. The van der Waals surface area contributed by atoms with Crippen LogP contribution in [0.3, 0.4) is 0 Å². The smallest absolute Gasteiger partial charge is 0.260 e. The van der Waals surface area contributed by atoms with Crippen molar-refractivity contribution >= 4 is 5.91 Å². The number of carbonyl (C=O) groups excluding carboxylic acids is 1. The molecule has 4 rings (SSSR count). The van der Waals surface area contributed by atoms with Crippen molar-refractivity contribution in [2.75, 3.05) is 52.5 Å². The lowest BCUT2D eigenvalue weighted by molar-refractivity contribution is -0.151. The first-order valence-electron chi connectivity index (χ1n) is 11.7. The molecule has 3 fully saturated rings. The van der Waals surface area contributed by atoms with Crippen LogP contribution in [0.5, 0.6) is 5.75 Å². The number of carbonyl (C=O) groups is 1. The van der Waals surface area contributed by atoms with E-state index in [0.717, 1.165) is 58.5 Å². The van der Waals surface area contributed by atoms with E-state index in [1.54, 1.807) is 12.1 Å². The zero-order valence-corrected chi connectivity index (χ0v) is 18.9. The highest BCUT2D eigenvalue weighted by Crippen LogP contribution is 2.37. The number of likely N-dealkylation sites (tertiary alicyclic amines) is 1. The molecule has 172 valence electrons. The van der Waals surface area contributed by atoms with Crippen molar-refractivity contribution in [2.45, 2.75) is 57.2 Å². The van der Waals surface area contributed by atoms with Gasteiger partial charge in [-0.1, -0.05) is 0 Å². The van der Waals surface area contributed by atoms with Crippen molar-refractivity contribution in [1.82, 2.24) is 14.7 Å². The Morgan fingerprint density at radius 2 is 1.81 bits per heavy atom. The number of rotatable bonds is 5. The second-order valence-electron chi connectivity index (χ2n) is 9.47. The molecule has 0 aliphatic carbocycles. The van der Waals surface area contributed by atoms with E-state index < -0.39 is 0 Å². The highest BCUT2D eigenvalue weighted by molar-refractivity contribution is 5.77. The van der Waals surface area contributed by atoms with Crippen molar-refractivity contribution < 1.29 is 18.7 Å². The predicted molar refractivity (Wildman–Crippen MR) is 118 cm³/mol. The predicted octanol–water partition coefficient (Wildman–Crippen LogP) is 2.77. The molecule has 3 heterocycles. The molecular weight excluding hydrogens is 397 g/mol.